The van der Waals surface area contributed by atoms with Crippen molar-refractivity contribution >= 4 is 35.8 Å². The third-order valence-electron chi connectivity index (χ3n) is 4.55. The van der Waals surface area contributed by atoms with Crippen LogP contribution in [0.2, 0.25) is 0 Å². The lowest BCUT2D eigenvalue weighted by atomic mass is 10.1. The molecule has 7 heteroatoms. The molecule has 0 heterocycles. The van der Waals surface area contributed by atoms with Crippen LogP contribution in [0.5, 0.6) is 5.75 Å². The van der Waals surface area contributed by atoms with Gasteiger partial charge in [-0.1, -0.05) is 24.3 Å². The Labute approximate surface area is 197 Å². The van der Waals surface area contributed by atoms with Crippen molar-refractivity contribution in [1.82, 2.24) is 15.5 Å². The first-order valence-corrected chi connectivity index (χ1v) is 9.91. The number of aryl methyl sites for hydroxylation is 1. The zero-order chi connectivity index (χ0) is 21.2. The second-order valence-electron chi connectivity index (χ2n) is 7.07. The average Bonchev–Trinajstić information content (AvgIpc) is 2.73. The fourth-order valence-corrected chi connectivity index (χ4v) is 2.87. The Morgan fingerprint density at radius 1 is 1.07 bits per heavy atom. The minimum Gasteiger partial charge on any atom is -0.496 e. The fourth-order valence-electron chi connectivity index (χ4n) is 2.87. The van der Waals surface area contributed by atoms with Crippen molar-refractivity contribution in [3.05, 3.63) is 64.7 Å². The van der Waals surface area contributed by atoms with Crippen LogP contribution in [0.1, 0.15) is 34.0 Å². The molecule has 0 atom stereocenters. The maximum Gasteiger partial charge on any atom is 0.253 e. The highest BCUT2D eigenvalue weighted by molar-refractivity contribution is 14.0. The molecule has 2 aromatic rings. The zero-order valence-electron chi connectivity index (χ0n) is 18.5. The van der Waals surface area contributed by atoms with Crippen molar-refractivity contribution in [2.75, 3.05) is 34.3 Å². The quantitative estimate of drug-likeness (QED) is 0.315. The molecule has 0 aliphatic heterocycles. The number of carbonyl (C=O) groups is 1. The van der Waals surface area contributed by atoms with Crippen LogP contribution >= 0.6 is 24.0 Å². The van der Waals surface area contributed by atoms with Crippen LogP contribution in [0.3, 0.4) is 0 Å². The van der Waals surface area contributed by atoms with Gasteiger partial charge in [-0.05, 0) is 55.2 Å². The molecule has 0 spiro atoms. The summed E-state index contributed by atoms with van der Waals surface area (Å²) in [5, 5.41) is 6.64. The summed E-state index contributed by atoms with van der Waals surface area (Å²) in [6.45, 7) is 6.20. The Morgan fingerprint density at radius 2 is 1.73 bits per heavy atom. The monoisotopic (exact) mass is 524 g/mol. The largest absolute Gasteiger partial charge is 0.496 e. The topological polar surface area (TPSA) is 66.0 Å². The van der Waals surface area contributed by atoms with Crippen LogP contribution in [0.15, 0.2) is 47.5 Å². The number of nitrogens with one attached hydrogen (secondary N) is 2. The van der Waals surface area contributed by atoms with E-state index in [4.69, 9.17) is 4.74 Å². The Balaban J connectivity index is 0.00000450. The van der Waals surface area contributed by atoms with E-state index >= 15 is 0 Å². The Kier molecular flexibility index (Phi) is 11.2. The molecule has 0 aliphatic rings. The van der Waals surface area contributed by atoms with Crippen LogP contribution in [-0.4, -0.2) is 51.1 Å². The molecule has 2 N–H and O–H groups in total. The van der Waals surface area contributed by atoms with Gasteiger partial charge in [0.2, 0.25) is 0 Å². The number of ether oxygens (including phenoxy) is 1. The number of rotatable bonds is 8. The summed E-state index contributed by atoms with van der Waals surface area (Å²) in [6.07, 6.45) is 0.877. The maximum absolute atomic E-state index is 12.0. The lowest BCUT2D eigenvalue weighted by molar-refractivity contribution is 0.0827. The molecule has 0 unspecified atom stereocenters. The molecular weight excluding hydrogens is 491 g/mol. The summed E-state index contributed by atoms with van der Waals surface area (Å²) in [6, 6.07) is 13.9. The van der Waals surface area contributed by atoms with E-state index in [1.165, 1.54) is 5.56 Å². The minimum atomic E-state index is 0. The van der Waals surface area contributed by atoms with E-state index in [0.717, 1.165) is 42.3 Å². The van der Waals surface area contributed by atoms with Gasteiger partial charge < -0.3 is 20.3 Å². The van der Waals surface area contributed by atoms with Crippen molar-refractivity contribution < 1.29 is 9.53 Å². The number of methoxy groups -OCH3 is 1. The predicted molar refractivity (Wildman–Crippen MR) is 134 cm³/mol. The predicted octanol–water partition coefficient (Wildman–Crippen LogP) is 3.62. The highest BCUT2D eigenvalue weighted by Gasteiger charge is 2.07. The Morgan fingerprint density at radius 3 is 2.33 bits per heavy atom. The summed E-state index contributed by atoms with van der Waals surface area (Å²) in [7, 11) is 5.20. The van der Waals surface area contributed by atoms with E-state index in [2.05, 4.69) is 33.8 Å². The summed E-state index contributed by atoms with van der Waals surface area (Å²) >= 11 is 0. The number of nitrogens with zero attached hydrogens (tertiary/aromatic N) is 2. The first-order valence-electron chi connectivity index (χ1n) is 9.91. The fraction of sp³-hybridized carbons (Fsp3) is 0.391. The van der Waals surface area contributed by atoms with Gasteiger partial charge >= 0.3 is 0 Å². The molecule has 0 bridgehead atoms. The van der Waals surface area contributed by atoms with Crippen LogP contribution in [0, 0.1) is 6.92 Å². The van der Waals surface area contributed by atoms with Gasteiger partial charge in [-0.3, -0.25) is 4.79 Å². The molecule has 0 aromatic heterocycles. The number of hydrogen-bond donors (Lipinski definition) is 2. The van der Waals surface area contributed by atoms with Gasteiger partial charge in [0.25, 0.3) is 5.91 Å². The van der Waals surface area contributed by atoms with E-state index in [0.29, 0.717) is 12.1 Å². The van der Waals surface area contributed by atoms with Crippen molar-refractivity contribution in [2.45, 2.75) is 26.8 Å². The molecule has 0 saturated heterocycles. The number of benzene rings is 2. The number of halogens is 1. The lowest BCUT2D eigenvalue weighted by Gasteiger charge is -2.13. The number of aliphatic imine (C=N–C) groups is 1. The smallest absolute Gasteiger partial charge is 0.253 e. The molecule has 6 nitrogen and oxygen atoms in total. The van der Waals surface area contributed by atoms with Gasteiger partial charge in [-0.25, -0.2) is 4.99 Å². The number of amides is 1. The molecular formula is C23H33IN4O2. The second kappa shape index (κ2) is 13.1. The third-order valence-corrected chi connectivity index (χ3v) is 4.55. The Bertz CT molecular complexity index is 836. The van der Waals surface area contributed by atoms with E-state index < -0.39 is 0 Å². The van der Waals surface area contributed by atoms with E-state index in [1.54, 1.807) is 26.1 Å². The number of hydrogen-bond acceptors (Lipinski definition) is 3. The molecule has 2 rings (SSSR count). The number of guanidine groups is 1. The van der Waals surface area contributed by atoms with Crippen molar-refractivity contribution in [1.29, 1.82) is 0 Å². The van der Waals surface area contributed by atoms with Crippen LogP contribution in [-0.2, 0) is 13.0 Å². The molecule has 0 saturated carbocycles. The van der Waals surface area contributed by atoms with E-state index in [-0.39, 0.29) is 29.9 Å². The molecule has 0 aliphatic carbocycles. The first kappa shape index (κ1) is 25.7. The second-order valence-corrected chi connectivity index (χ2v) is 7.07. The highest BCUT2D eigenvalue weighted by atomic mass is 127. The normalized spacial score (nSPS) is 10.8. The summed E-state index contributed by atoms with van der Waals surface area (Å²) < 4.78 is 5.40. The average molecular weight is 524 g/mol. The van der Waals surface area contributed by atoms with Crippen molar-refractivity contribution in [3.63, 3.8) is 0 Å². The molecule has 0 radical (unpaired) electrons. The van der Waals surface area contributed by atoms with Crippen LogP contribution in [0.4, 0.5) is 0 Å². The molecule has 30 heavy (non-hydrogen) atoms. The van der Waals surface area contributed by atoms with Gasteiger partial charge in [0.1, 0.15) is 5.75 Å². The number of carbonyl (C=O) groups excluding carboxylic acids is 1. The Hall–Kier alpha value is -2.29. The van der Waals surface area contributed by atoms with Crippen LogP contribution in [0.25, 0.3) is 0 Å². The standard InChI is InChI=1S/C23H32N4O2.HI/c1-6-24-23(25-14-13-18-8-7-17(2)21(15-18)29-5)26-16-19-9-11-20(12-10-19)22(28)27(3)4;/h7-12,15H,6,13-14,16H2,1-5H3,(H2,24,25,26);1H. The van der Waals surface area contributed by atoms with E-state index in [9.17, 15) is 4.79 Å². The highest BCUT2D eigenvalue weighted by Crippen LogP contribution is 2.19. The van der Waals surface area contributed by atoms with Gasteiger partial charge in [0.15, 0.2) is 5.96 Å². The molecule has 164 valence electrons. The maximum atomic E-state index is 12.0. The molecule has 0 fully saturated rings. The third kappa shape index (κ3) is 7.85. The lowest BCUT2D eigenvalue weighted by Crippen LogP contribution is -2.38. The molecule has 1 amide bonds. The van der Waals surface area contributed by atoms with Gasteiger partial charge in [-0.15, -0.1) is 24.0 Å². The van der Waals surface area contributed by atoms with E-state index in [1.807, 2.05) is 38.1 Å². The SMILES string of the molecule is CCNC(=NCc1ccc(C(=O)N(C)C)cc1)NCCc1ccc(C)c(OC)c1.I. The summed E-state index contributed by atoms with van der Waals surface area (Å²) in [5.41, 5.74) is 4.09. The van der Waals surface area contributed by atoms with Gasteiger partial charge in [-0.2, -0.15) is 0 Å². The first-order chi connectivity index (χ1) is 13.9. The van der Waals surface area contributed by atoms with Gasteiger partial charge in [0, 0.05) is 32.7 Å². The minimum absolute atomic E-state index is 0. The van der Waals surface area contributed by atoms with Gasteiger partial charge in [0.05, 0.1) is 13.7 Å². The van der Waals surface area contributed by atoms with Crippen molar-refractivity contribution in [3.8, 4) is 5.75 Å². The zero-order valence-corrected chi connectivity index (χ0v) is 20.8. The summed E-state index contributed by atoms with van der Waals surface area (Å²) in [5.74, 6) is 1.70. The van der Waals surface area contributed by atoms with Crippen LogP contribution < -0.4 is 15.4 Å². The molecule has 2 aromatic carbocycles. The van der Waals surface area contributed by atoms with Crippen molar-refractivity contribution in [2.24, 2.45) is 4.99 Å². The summed E-state index contributed by atoms with van der Waals surface area (Å²) in [4.78, 5) is 18.2.